The molecule has 0 aliphatic carbocycles. The molecule has 0 heterocycles. The molecule has 0 radical (unpaired) electrons. The summed E-state index contributed by atoms with van der Waals surface area (Å²) in [5.74, 6) is -1.52. The lowest BCUT2D eigenvalue weighted by atomic mass is 10.0. The number of carbonyl (C=O) groups excluding carboxylic acids is 2. The van der Waals surface area contributed by atoms with Crippen molar-refractivity contribution in [1.29, 1.82) is 0 Å². The molecule has 0 saturated carbocycles. The van der Waals surface area contributed by atoms with Crippen LogP contribution in [0.25, 0.3) is 0 Å². The van der Waals surface area contributed by atoms with Gasteiger partial charge in [0.2, 0.25) is 0 Å². The van der Waals surface area contributed by atoms with Gasteiger partial charge in [-0.3, -0.25) is 9.59 Å². The molecular formula is C51H88NO7+. The predicted octanol–water partition coefficient (Wildman–Crippen LogP) is 13.1. The quantitative estimate of drug-likeness (QED) is 0.0284. The Bertz CT molecular complexity index is 1190. The normalized spacial score (nSPS) is 13.6. The largest absolute Gasteiger partial charge is 0.477 e. The van der Waals surface area contributed by atoms with E-state index in [2.05, 4.69) is 86.8 Å². The zero-order valence-corrected chi connectivity index (χ0v) is 38.4. The first-order valence-electron chi connectivity index (χ1n) is 23.5. The minimum absolute atomic E-state index is 0.0429. The van der Waals surface area contributed by atoms with Gasteiger partial charge in [-0.1, -0.05) is 157 Å². The number of allylic oxidation sites excluding steroid dienone is 12. The number of likely N-dealkylation sites (N-methyl/N-ethyl adjacent to an activating group) is 1. The molecule has 0 aromatic carbocycles. The van der Waals surface area contributed by atoms with Crippen LogP contribution in [0, 0.1) is 0 Å². The second-order valence-electron chi connectivity index (χ2n) is 16.6. The van der Waals surface area contributed by atoms with E-state index in [4.69, 9.17) is 14.2 Å². The Balaban J connectivity index is 4.23. The summed E-state index contributed by atoms with van der Waals surface area (Å²) in [4.78, 5) is 37.0. The van der Waals surface area contributed by atoms with Gasteiger partial charge in [0.05, 0.1) is 34.4 Å². The van der Waals surface area contributed by atoms with Crippen molar-refractivity contribution in [3.05, 3.63) is 72.9 Å². The Morgan fingerprint density at radius 1 is 0.508 bits per heavy atom. The SMILES string of the molecule is CC/C=C/C/C=C/C/C=C/CCCCCCCCCCCCCCCC(=O)OCC(COCCC(C(=O)O)[N+](C)(C)C)OC(=O)CCCC/C=C/C/C=C/C/C=C/CC. The van der Waals surface area contributed by atoms with Crippen LogP contribution in [0.3, 0.4) is 0 Å². The Labute approximate surface area is 361 Å². The topological polar surface area (TPSA) is 99.1 Å². The fourth-order valence-electron chi connectivity index (χ4n) is 6.53. The number of hydrogen-bond donors (Lipinski definition) is 1. The van der Waals surface area contributed by atoms with E-state index in [1.54, 1.807) is 0 Å². The highest BCUT2D eigenvalue weighted by atomic mass is 16.6. The molecule has 338 valence electrons. The Hall–Kier alpha value is -3.23. The zero-order chi connectivity index (χ0) is 43.5. The molecule has 0 aromatic rings. The number of ether oxygens (including phenoxy) is 3. The van der Waals surface area contributed by atoms with Gasteiger partial charge in [0.25, 0.3) is 0 Å². The molecule has 1 N–H and O–H groups in total. The molecule has 59 heavy (non-hydrogen) atoms. The minimum atomic E-state index is -0.883. The second kappa shape index (κ2) is 41.5. The van der Waals surface area contributed by atoms with Crippen LogP contribution in [0.5, 0.6) is 0 Å². The van der Waals surface area contributed by atoms with Crippen molar-refractivity contribution in [2.24, 2.45) is 0 Å². The lowest BCUT2D eigenvalue weighted by Gasteiger charge is -2.31. The van der Waals surface area contributed by atoms with Gasteiger partial charge in [-0.25, -0.2) is 4.79 Å². The van der Waals surface area contributed by atoms with Gasteiger partial charge in [-0.05, 0) is 77.0 Å². The number of aliphatic carboxylic acids is 1. The van der Waals surface area contributed by atoms with Crippen molar-refractivity contribution in [2.45, 2.75) is 193 Å². The van der Waals surface area contributed by atoms with Gasteiger partial charge >= 0.3 is 17.9 Å². The van der Waals surface area contributed by atoms with E-state index >= 15 is 0 Å². The van der Waals surface area contributed by atoms with Crippen LogP contribution < -0.4 is 0 Å². The minimum Gasteiger partial charge on any atom is -0.477 e. The first-order valence-corrected chi connectivity index (χ1v) is 23.5. The van der Waals surface area contributed by atoms with Crippen molar-refractivity contribution < 1.29 is 38.2 Å². The number of hydrogen-bond acceptors (Lipinski definition) is 6. The molecule has 0 aliphatic heterocycles. The highest BCUT2D eigenvalue weighted by Gasteiger charge is 2.31. The molecule has 0 spiro atoms. The number of unbranched alkanes of at least 4 members (excludes halogenated alkanes) is 15. The number of esters is 2. The maximum absolute atomic E-state index is 12.7. The predicted molar refractivity (Wildman–Crippen MR) is 247 cm³/mol. The summed E-state index contributed by atoms with van der Waals surface area (Å²) in [7, 11) is 5.51. The molecule has 2 atom stereocenters. The molecule has 0 saturated heterocycles. The molecule has 0 amide bonds. The third-order valence-corrected chi connectivity index (χ3v) is 10.1. The van der Waals surface area contributed by atoms with E-state index < -0.39 is 18.1 Å². The lowest BCUT2D eigenvalue weighted by molar-refractivity contribution is -0.887. The number of carbonyl (C=O) groups is 3. The molecule has 0 bridgehead atoms. The summed E-state index contributed by atoms with van der Waals surface area (Å²) in [6.07, 6.45) is 52.5. The number of quaternary nitrogens is 1. The average molecular weight is 827 g/mol. The second-order valence-corrected chi connectivity index (χ2v) is 16.6. The first kappa shape index (κ1) is 55.8. The van der Waals surface area contributed by atoms with Crippen LogP contribution in [-0.4, -0.2) is 80.6 Å². The number of carboxylic acid groups (broad SMARTS) is 1. The Kier molecular flexibility index (Phi) is 39.2. The van der Waals surface area contributed by atoms with Crippen molar-refractivity contribution in [2.75, 3.05) is 41.0 Å². The van der Waals surface area contributed by atoms with Gasteiger partial charge < -0.3 is 23.8 Å². The summed E-state index contributed by atoms with van der Waals surface area (Å²) in [6.45, 7) is 4.46. The van der Waals surface area contributed by atoms with Crippen LogP contribution in [0.1, 0.15) is 181 Å². The molecule has 0 aliphatic rings. The lowest BCUT2D eigenvalue weighted by Crippen LogP contribution is -2.50. The van der Waals surface area contributed by atoms with Gasteiger partial charge in [-0.15, -0.1) is 0 Å². The van der Waals surface area contributed by atoms with Crippen molar-refractivity contribution in [1.82, 2.24) is 0 Å². The highest BCUT2D eigenvalue weighted by molar-refractivity contribution is 5.72. The zero-order valence-electron chi connectivity index (χ0n) is 38.4. The first-order chi connectivity index (χ1) is 28.6. The molecular weight excluding hydrogens is 739 g/mol. The van der Waals surface area contributed by atoms with Crippen LogP contribution in [0.15, 0.2) is 72.9 Å². The maximum atomic E-state index is 12.7. The van der Waals surface area contributed by atoms with Crippen LogP contribution in [-0.2, 0) is 28.6 Å². The van der Waals surface area contributed by atoms with Crippen LogP contribution in [0.4, 0.5) is 0 Å². The van der Waals surface area contributed by atoms with Gasteiger partial charge in [0.15, 0.2) is 12.1 Å². The van der Waals surface area contributed by atoms with Crippen molar-refractivity contribution in [3.8, 4) is 0 Å². The summed E-state index contributed by atoms with van der Waals surface area (Å²) in [6, 6.07) is -0.624. The van der Waals surface area contributed by atoms with Crippen molar-refractivity contribution in [3.63, 3.8) is 0 Å². The fraction of sp³-hybridized carbons (Fsp3) is 0.706. The molecule has 8 nitrogen and oxygen atoms in total. The summed E-state index contributed by atoms with van der Waals surface area (Å²) in [5, 5.41) is 9.62. The van der Waals surface area contributed by atoms with Crippen LogP contribution in [0.2, 0.25) is 0 Å². The fourth-order valence-corrected chi connectivity index (χ4v) is 6.53. The molecule has 0 aromatic heterocycles. The third-order valence-electron chi connectivity index (χ3n) is 10.1. The monoisotopic (exact) mass is 827 g/mol. The highest BCUT2D eigenvalue weighted by Crippen LogP contribution is 2.15. The molecule has 2 unspecified atom stereocenters. The van der Waals surface area contributed by atoms with E-state index in [1.807, 2.05) is 21.1 Å². The van der Waals surface area contributed by atoms with E-state index in [9.17, 15) is 19.5 Å². The van der Waals surface area contributed by atoms with Crippen LogP contribution >= 0.6 is 0 Å². The average Bonchev–Trinajstić information content (AvgIpc) is 3.19. The standard InChI is InChI=1S/C51H87NO7/c1-6-8-10-12-14-16-18-20-21-22-23-24-25-26-27-28-29-30-32-33-35-37-39-41-49(53)58-46-47(45-57-44-43-48(51(55)56)52(3,4)5)59-50(54)42-40-38-36-34-31-19-17-15-13-11-9-7-2/h8-11,14-17,20-21,31,34,47-48H,6-7,12-13,18-19,22-30,32-33,35-46H2,1-5H3/p+1/b10-8+,11-9+,16-14+,17-15+,21-20+,34-31+. The molecule has 8 heteroatoms. The van der Waals surface area contributed by atoms with Gasteiger partial charge in [0.1, 0.15) is 6.61 Å². The summed E-state index contributed by atoms with van der Waals surface area (Å²) >= 11 is 0. The van der Waals surface area contributed by atoms with E-state index in [0.29, 0.717) is 19.3 Å². The van der Waals surface area contributed by atoms with Gasteiger partial charge in [0, 0.05) is 19.3 Å². The Morgan fingerprint density at radius 2 is 0.898 bits per heavy atom. The summed E-state index contributed by atoms with van der Waals surface area (Å²) in [5.41, 5.74) is 0. The van der Waals surface area contributed by atoms with E-state index in [0.717, 1.165) is 70.6 Å². The molecule has 0 rings (SSSR count). The van der Waals surface area contributed by atoms with E-state index in [-0.39, 0.29) is 42.7 Å². The van der Waals surface area contributed by atoms with Gasteiger partial charge in [-0.2, -0.15) is 0 Å². The van der Waals surface area contributed by atoms with Crippen molar-refractivity contribution >= 4 is 17.9 Å². The Morgan fingerprint density at radius 3 is 1.36 bits per heavy atom. The summed E-state index contributed by atoms with van der Waals surface area (Å²) < 4.78 is 17.2. The number of nitrogens with zero attached hydrogens (tertiary/aromatic N) is 1. The maximum Gasteiger partial charge on any atom is 0.362 e. The third kappa shape index (κ3) is 40.0. The number of rotatable bonds is 41. The number of carboxylic acids is 1. The van der Waals surface area contributed by atoms with E-state index in [1.165, 1.54) is 70.6 Å². The smallest absolute Gasteiger partial charge is 0.362 e. The molecule has 0 fully saturated rings.